The number of nitrogens with zero attached hydrogens (tertiary/aromatic N) is 8. The predicted molar refractivity (Wildman–Crippen MR) is 147 cm³/mol. The molecule has 0 bridgehead atoms. The number of hydrogen-bond acceptors (Lipinski definition) is 9. The number of ether oxygens (including phenoxy) is 1. The van der Waals surface area contributed by atoms with E-state index in [1.807, 2.05) is 53.7 Å². The third-order valence-electron chi connectivity index (χ3n) is 6.59. The van der Waals surface area contributed by atoms with E-state index < -0.39 is 0 Å². The monoisotopic (exact) mass is 507 g/mol. The molecular weight excluding hydrogens is 478 g/mol. The first-order valence-electron chi connectivity index (χ1n) is 12.8. The Morgan fingerprint density at radius 2 is 1.79 bits per heavy atom. The second kappa shape index (κ2) is 10.5. The van der Waals surface area contributed by atoms with E-state index in [1.165, 1.54) is 0 Å². The summed E-state index contributed by atoms with van der Waals surface area (Å²) < 4.78 is 7.34. The summed E-state index contributed by atoms with van der Waals surface area (Å²) in [5.74, 6) is 2.71. The van der Waals surface area contributed by atoms with Gasteiger partial charge in [0.15, 0.2) is 5.82 Å². The summed E-state index contributed by atoms with van der Waals surface area (Å²) in [7, 11) is 0. The maximum absolute atomic E-state index is 5.43. The molecule has 192 valence electrons. The van der Waals surface area contributed by atoms with E-state index in [0.29, 0.717) is 24.1 Å². The normalized spacial score (nSPS) is 13.8. The van der Waals surface area contributed by atoms with Gasteiger partial charge >= 0.3 is 0 Å². The summed E-state index contributed by atoms with van der Waals surface area (Å²) in [6.45, 7) is 8.14. The molecule has 6 rings (SSSR count). The molecule has 5 aromatic heterocycles. The molecule has 6 heterocycles. The minimum atomic E-state index is 0.369. The number of aromatic nitrogens is 7. The van der Waals surface area contributed by atoms with Gasteiger partial charge in [0, 0.05) is 42.8 Å². The topological polar surface area (TPSA) is 107 Å². The summed E-state index contributed by atoms with van der Waals surface area (Å²) in [5.41, 5.74) is 5.75. The highest BCUT2D eigenvalue weighted by Gasteiger charge is 2.12. The number of morpholine rings is 1. The Morgan fingerprint density at radius 1 is 0.895 bits per heavy atom. The van der Waals surface area contributed by atoms with Gasteiger partial charge in [-0.1, -0.05) is 19.9 Å². The van der Waals surface area contributed by atoms with Crippen LogP contribution in [0, 0.1) is 0 Å². The second-order valence-corrected chi connectivity index (χ2v) is 9.66. The molecule has 1 N–H and O–H groups in total. The summed E-state index contributed by atoms with van der Waals surface area (Å²) in [6, 6.07) is 12.1. The van der Waals surface area contributed by atoms with Crippen LogP contribution in [-0.2, 0) is 11.3 Å². The average molecular weight is 508 g/mol. The molecule has 0 radical (unpaired) electrons. The first-order valence-corrected chi connectivity index (χ1v) is 12.8. The van der Waals surface area contributed by atoms with Crippen LogP contribution < -0.4 is 10.2 Å². The van der Waals surface area contributed by atoms with Crippen molar-refractivity contribution in [2.24, 2.45) is 0 Å². The first-order chi connectivity index (χ1) is 18.6. The number of fused-ring (bicyclic) bond motifs is 1. The quantitative estimate of drug-likeness (QED) is 0.342. The first kappa shape index (κ1) is 23.9. The Balaban J connectivity index is 1.17. The molecule has 0 amide bonds. The van der Waals surface area contributed by atoms with Gasteiger partial charge in [0.1, 0.15) is 11.6 Å². The van der Waals surface area contributed by atoms with E-state index in [0.717, 1.165) is 65.4 Å². The van der Waals surface area contributed by atoms with Crippen molar-refractivity contribution in [1.29, 1.82) is 0 Å². The van der Waals surface area contributed by atoms with Crippen molar-refractivity contribution in [2.75, 3.05) is 36.5 Å². The van der Waals surface area contributed by atoms with Gasteiger partial charge in [-0.05, 0) is 47.4 Å². The third-order valence-corrected chi connectivity index (χ3v) is 6.59. The van der Waals surface area contributed by atoms with Crippen molar-refractivity contribution in [3.05, 3.63) is 78.5 Å². The average Bonchev–Trinajstić information content (AvgIpc) is 3.42. The van der Waals surface area contributed by atoms with E-state index in [2.05, 4.69) is 61.5 Å². The summed E-state index contributed by atoms with van der Waals surface area (Å²) in [4.78, 5) is 16.3. The highest BCUT2D eigenvalue weighted by molar-refractivity contribution is 5.81. The van der Waals surface area contributed by atoms with Crippen molar-refractivity contribution >= 4 is 28.5 Å². The molecule has 0 aromatic carbocycles. The lowest BCUT2D eigenvalue weighted by Gasteiger charge is -2.27. The molecule has 0 aliphatic carbocycles. The minimum Gasteiger partial charge on any atom is -0.378 e. The number of nitrogens with one attached hydrogen (secondary N) is 1. The van der Waals surface area contributed by atoms with E-state index in [-0.39, 0.29) is 0 Å². The fraction of sp³-hybridized carbons (Fsp3) is 0.286. The lowest BCUT2D eigenvalue weighted by molar-refractivity contribution is 0.122. The van der Waals surface area contributed by atoms with E-state index >= 15 is 0 Å². The molecular formula is C28H29N9O. The molecule has 1 fully saturated rings. The van der Waals surface area contributed by atoms with Crippen LogP contribution in [0.15, 0.2) is 67.4 Å². The van der Waals surface area contributed by atoms with Crippen LogP contribution in [0.3, 0.4) is 0 Å². The molecule has 0 atom stereocenters. The zero-order valence-electron chi connectivity index (χ0n) is 21.4. The number of anilines is 3. The van der Waals surface area contributed by atoms with Crippen LogP contribution in [-0.4, -0.2) is 61.2 Å². The molecule has 38 heavy (non-hydrogen) atoms. The van der Waals surface area contributed by atoms with Gasteiger partial charge < -0.3 is 15.0 Å². The Kier molecular flexibility index (Phi) is 6.62. The lowest BCUT2D eigenvalue weighted by Crippen LogP contribution is -2.36. The Labute approximate surface area is 220 Å². The zero-order valence-corrected chi connectivity index (χ0v) is 21.4. The highest BCUT2D eigenvalue weighted by Crippen LogP contribution is 2.24. The number of pyridine rings is 3. The van der Waals surface area contributed by atoms with Crippen molar-refractivity contribution in [2.45, 2.75) is 26.3 Å². The molecule has 1 aliphatic rings. The number of rotatable bonds is 7. The molecule has 10 heteroatoms. The highest BCUT2D eigenvalue weighted by atomic mass is 16.5. The molecule has 1 saturated heterocycles. The largest absolute Gasteiger partial charge is 0.378 e. The van der Waals surface area contributed by atoms with Crippen LogP contribution in [0.4, 0.5) is 17.5 Å². The Morgan fingerprint density at radius 3 is 2.61 bits per heavy atom. The standard InChI is InChI=1S/C28H29N9O/c1-19(2)21-12-27(35-31-15-21)34-26-5-4-24-25(33-26)11-22(14-29-24)23-16-32-37(18-23)17-20-3-6-28(30-13-20)36-7-9-38-10-8-36/h3-6,11-16,18-19H,7-10,17H2,1-2H3,(H,33,34,35). The Bertz CT molecular complexity index is 1540. The summed E-state index contributed by atoms with van der Waals surface area (Å²) in [6.07, 6.45) is 9.44. The maximum atomic E-state index is 5.43. The zero-order chi connectivity index (χ0) is 25.9. The van der Waals surface area contributed by atoms with Crippen molar-refractivity contribution in [1.82, 2.24) is 34.9 Å². The molecule has 0 spiro atoms. The van der Waals surface area contributed by atoms with Crippen molar-refractivity contribution in [3.63, 3.8) is 0 Å². The van der Waals surface area contributed by atoms with Gasteiger partial charge in [0.05, 0.1) is 43.2 Å². The van der Waals surface area contributed by atoms with Crippen LogP contribution in [0.25, 0.3) is 22.2 Å². The van der Waals surface area contributed by atoms with E-state index in [1.54, 1.807) is 6.20 Å². The molecule has 5 aromatic rings. The summed E-state index contributed by atoms with van der Waals surface area (Å²) >= 11 is 0. The fourth-order valence-electron chi connectivity index (χ4n) is 4.40. The molecule has 1 aliphatic heterocycles. The van der Waals surface area contributed by atoms with E-state index in [4.69, 9.17) is 9.72 Å². The lowest BCUT2D eigenvalue weighted by atomic mass is 10.1. The van der Waals surface area contributed by atoms with Crippen molar-refractivity contribution < 1.29 is 4.74 Å². The molecule has 0 unspecified atom stereocenters. The predicted octanol–water partition coefficient (Wildman–Crippen LogP) is 4.43. The van der Waals surface area contributed by atoms with Crippen LogP contribution in [0.2, 0.25) is 0 Å². The summed E-state index contributed by atoms with van der Waals surface area (Å²) in [5, 5.41) is 16.1. The van der Waals surface area contributed by atoms with Crippen LogP contribution in [0.5, 0.6) is 0 Å². The molecule has 10 nitrogen and oxygen atoms in total. The van der Waals surface area contributed by atoms with Gasteiger partial charge in [-0.25, -0.2) is 9.97 Å². The van der Waals surface area contributed by atoms with Gasteiger partial charge in [-0.3, -0.25) is 9.67 Å². The van der Waals surface area contributed by atoms with E-state index in [9.17, 15) is 0 Å². The van der Waals surface area contributed by atoms with Crippen molar-refractivity contribution in [3.8, 4) is 11.1 Å². The number of hydrogen-bond donors (Lipinski definition) is 1. The van der Waals surface area contributed by atoms with Gasteiger partial charge in [0.2, 0.25) is 0 Å². The fourth-order valence-corrected chi connectivity index (χ4v) is 4.40. The second-order valence-electron chi connectivity index (χ2n) is 9.66. The van der Waals surface area contributed by atoms with Gasteiger partial charge in [-0.2, -0.15) is 10.2 Å². The smallest absolute Gasteiger partial charge is 0.154 e. The van der Waals surface area contributed by atoms with Crippen LogP contribution in [0.1, 0.15) is 30.9 Å². The van der Waals surface area contributed by atoms with Gasteiger partial charge in [0.25, 0.3) is 0 Å². The van der Waals surface area contributed by atoms with Gasteiger partial charge in [-0.15, -0.1) is 5.10 Å². The minimum absolute atomic E-state index is 0.369. The SMILES string of the molecule is CC(C)c1cnnc(Nc2ccc3ncc(-c4cnn(Cc5ccc(N6CCOCC6)nc5)c4)cc3n2)c1. The Hall–Kier alpha value is -4.44. The molecule has 0 saturated carbocycles. The van der Waals surface area contributed by atoms with Crippen LogP contribution >= 0.6 is 0 Å². The maximum Gasteiger partial charge on any atom is 0.154 e. The third kappa shape index (κ3) is 5.30.